The van der Waals surface area contributed by atoms with E-state index in [1.807, 2.05) is 6.07 Å². The Morgan fingerprint density at radius 1 is 1.08 bits per heavy atom. The molecule has 0 aliphatic rings. The molecule has 0 fully saturated rings. The highest BCUT2D eigenvalue weighted by atomic mass is 32.2. The van der Waals surface area contributed by atoms with Gasteiger partial charge in [0.15, 0.2) is 0 Å². The van der Waals surface area contributed by atoms with E-state index in [4.69, 9.17) is 4.74 Å². The van der Waals surface area contributed by atoms with Crippen molar-refractivity contribution in [1.82, 2.24) is 9.29 Å². The molecule has 1 aromatic heterocycles. The summed E-state index contributed by atoms with van der Waals surface area (Å²) in [6.45, 7) is 0.523. The van der Waals surface area contributed by atoms with Crippen LogP contribution in [0, 0.1) is 5.82 Å². The Morgan fingerprint density at radius 2 is 1.73 bits per heavy atom. The quantitative estimate of drug-likeness (QED) is 0.719. The number of nitrogens with one attached hydrogen (secondary N) is 1. The lowest BCUT2D eigenvalue weighted by Gasteiger charge is -2.11. The second kappa shape index (κ2) is 7.31. The molecule has 1 N–H and O–H groups in total. The Kier molecular flexibility index (Phi) is 5.11. The molecule has 0 spiro atoms. The van der Waals surface area contributed by atoms with Gasteiger partial charge in [-0.1, -0.05) is 0 Å². The normalized spacial score (nSPS) is 11.5. The van der Waals surface area contributed by atoms with Crippen LogP contribution in [0.1, 0.15) is 5.56 Å². The van der Waals surface area contributed by atoms with Crippen molar-refractivity contribution in [2.45, 2.75) is 11.4 Å². The molecule has 1 heterocycles. The van der Waals surface area contributed by atoms with Gasteiger partial charge in [0, 0.05) is 12.7 Å². The monoisotopic (exact) mass is 374 g/mol. The van der Waals surface area contributed by atoms with Crippen LogP contribution in [0.2, 0.25) is 0 Å². The van der Waals surface area contributed by atoms with Crippen LogP contribution < -0.4 is 10.1 Å². The van der Waals surface area contributed by atoms with E-state index < -0.39 is 15.8 Å². The topological polar surface area (TPSA) is 60.3 Å². The third-order valence-electron chi connectivity index (χ3n) is 3.98. The van der Waals surface area contributed by atoms with Crippen molar-refractivity contribution >= 4 is 10.0 Å². The molecule has 0 atom stereocenters. The first-order chi connectivity index (χ1) is 12.5. The van der Waals surface area contributed by atoms with Crippen molar-refractivity contribution < 1.29 is 17.5 Å². The third kappa shape index (κ3) is 3.49. The molecule has 0 aliphatic carbocycles. The third-order valence-corrected chi connectivity index (χ3v) is 5.67. The summed E-state index contributed by atoms with van der Waals surface area (Å²) >= 11 is 0. The predicted octanol–water partition coefficient (Wildman–Crippen LogP) is 3.26. The van der Waals surface area contributed by atoms with Gasteiger partial charge in [0.2, 0.25) is 0 Å². The number of benzene rings is 2. The number of aromatic nitrogens is 1. The van der Waals surface area contributed by atoms with Crippen LogP contribution >= 0.6 is 0 Å². The molecule has 3 aromatic rings. The van der Waals surface area contributed by atoms with Gasteiger partial charge in [0.25, 0.3) is 10.0 Å². The number of methoxy groups -OCH3 is 1. The molecule has 0 radical (unpaired) electrons. The summed E-state index contributed by atoms with van der Waals surface area (Å²) in [5.74, 6) is 0.200. The van der Waals surface area contributed by atoms with Crippen molar-refractivity contribution in [2.24, 2.45) is 0 Å². The summed E-state index contributed by atoms with van der Waals surface area (Å²) in [5.41, 5.74) is 2.09. The van der Waals surface area contributed by atoms with Gasteiger partial charge in [-0.2, -0.15) is 0 Å². The standard InChI is InChI=1S/C19H19FN2O3S/c1-21-12-14-11-19(15-3-7-17(25-2)8-4-15)22(13-14)26(23,24)18-9-5-16(20)6-10-18/h3-11,13,21H,12H2,1-2H3. The second-order valence-corrected chi connectivity index (χ2v) is 7.56. The molecular weight excluding hydrogens is 355 g/mol. The number of rotatable bonds is 6. The minimum Gasteiger partial charge on any atom is -0.497 e. The number of ether oxygens (including phenoxy) is 1. The molecule has 2 aromatic carbocycles. The zero-order chi connectivity index (χ0) is 18.7. The Morgan fingerprint density at radius 3 is 2.31 bits per heavy atom. The number of halogens is 1. The summed E-state index contributed by atoms with van der Waals surface area (Å²) in [7, 11) is -0.495. The minimum absolute atomic E-state index is 0.0280. The number of nitrogens with zero attached hydrogens (tertiary/aromatic N) is 1. The molecule has 26 heavy (non-hydrogen) atoms. The molecular formula is C19H19FN2O3S. The molecule has 5 nitrogen and oxygen atoms in total. The van der Waals surface area contributed by atoms with Crippen LogP contribution in [0.5, 0.6) is 5.75 Å². The van der Waals surface area contributed by atoms with Gasteiger partial charge in [-0.25, -0.2) is 16.8 Å². The van der Waals surface area contributed by atoms with Crippen LogP contribution in [-0.2, 0) is 16.6 Å². The average molecular weight is 374 g/mol. The van der Waals surface area contributed by atoms with E-state index in [1.54, 1.807) is 44.6 Å². The first-order valence-electron chi connectivity index (χ1n) is 7.97. The van der Waals surface area contributed by atoms with Crippen molar-refractivity contribution in [3.8, 4) is 17.0 Å². The lowest BCUT2D eigenvalue weighted by atomic mass is 10.1. The fourth-order valence-electron chi connectivity index (χ4n) is 2.69. The Hall–Kier alpha value is -2.64. The smallest absolute Gasteiger partial charge is 0.268 e. The fourth-order valence-corrected chi connectivity index (χ4v) is 4.09. The number of hydrogen-bond donors (Lipinski definition) is 1. The zero-order valence-corrected chi connectivity index (χ0v) is 15.3. The number of hydrogen-bond acceptors (Lipinski definition) is 4. The lowest BCUT2D eigenvalue weighted by molar-refractivity contribution is 0.415. The summed E-state index contributed by atoms with van der Waals surface area (Å²) in [6.07, 6.45) is 1.58. The van der Waals surface area contributed by atoms with Crippen LogP contribution in [0.3, 0.4) is 0 Å². The molecule has 7 heteroatoms. The summed E-state index contributed by atoms with van der Waals surface area (Å²) < 4.78 is 45.7. The highest BCUT2D eigenvalue weighted by Crippen LogP contribution is 2.28. The lowest BCUT2D eigenvalue weighted by Crippen LogP contribution is -2.13. The maximum absolute atomic E-state index is 13.2. The van der Waals surface area contributed by atoms with Crippen LogP contribution in [0.4, 0.5) is 4.39 Å². The predicted molar refractivity (Wildman–Crippen MR) is 98.2 cm³/mol. The van der Waals surface area contributed by atoms with Crippen LogP contribution in [0.15, 0.2) is 65.7 Å². The fraction of sp³-hybridized carbons (Fsp3) is 0.158. The van der Waals surface area contributed by atoms with E-state index in [0.717, 1.165) is 23.3 Å². The Labute approximate surface area is 152 Å². The van der Waals surface area contributed by atoms with Crippen molar-refractivity contribution in [3.63, 3.8) is 0 Å². The Balaban J connectivity index is 2.14. The van der Waals surface area contributed by atoms with Gasteiger partial charge in [-0.05, 0) is 72.8 Å². The highest BCUT2D eigenvalue weighted by Gasteiger charge is 2.22. The van der Waals surface area contributed by atoms with E-state index >= 15 is 0 Å². The molecule has 0 saturated heterocycles. The van der Waals surface area contributed by atoms with Gasteiger partial charge in [0.05, 0.1) is 17.7 Å². The zero-order valence-electron chi connectivity index (χ0n) is 14.4. The largest absolute Gasteiger partial charge is 0.497 e. The molecule has 0 unspecified atom stereocenters. The minimum atomic E-state index is -3.86. The van der Waals surface area contributed by atoms with Crippen LogP contribution in [0.25, 0.3) is 11.3 Å². The van der Waals surface area contributed by atoms with Crippen molar-refractivity contribution in [3.05, 3.63) is 72.2 Å². The summed E-state index contributed by atoms with van der Waals surface area (Å²) in [6, 6.07) is 13.8. The van der Waals surface area contributed by atoms with Crippen molar-refractivity contribution in [2.75, 3.05) is 14.2 Å². The second-order valence-electron chi connectivity index (χ2n) is 5.75. The maximum Gasteiger partial charge on any atom is 0.268 e. The first kappa shape index (κ1) is 18.2. The molecule has 0 amide bonds. The van der Waals surface area contributed by atoms with E-state index in [-0.39, 0.29) is 4.90 Å². The maximum atomic E-state index is 13.2. The van der Waals surface area contributed by atoms with Gasteiger partial charge in [0.1, 0.15) is 11.6 Å². The van der Waals surface area contributed by atoms with E-state index in [9.17, 15) is 12.8 Å². The van der Waals surface area contributed by atoms with Gasteiger partial charge < -0.3 is 10.1 Å². The first-order valence-corrected chi connectivity index (χ1v) is 9.41. The molecule has 3 rings (SSSR count). The SMILES string of the molecule is CNCc1cc(-c2ccc(OC)cc2)n(S(=O)(=O)c2ccc(F)cc2)c1. The summed E-state index contributed by atoms with van der Waals surface area (Å²) in [4.78, 5) is 0.0280. The van der Waals surface area contributed by atoms with Crippen LogP contribution in [-0.4, -0.2) is 26.5 Å². The van der Waals surface area contributed by atoms with Gasteiger partial charge in [-0.3, -0.25) is 0 Å². The molecule has 0 bridgehead atoms. The van der Waals surface area contributed by atoms with Gasteiger partial charge >= 0.3 is 0 Å². The van der Waals surface area contributed by atoms with E-state index in [1.165, 1.54) is 16.1 Å². The molecule has 0 saturated carbocycles. The van der Waals surface area contributed by atoms with Gasteiger partial charge in [-0.15, -0.1) is 0 Å². The summed E-state index contributed by atoms with van der Waals surface area (Å²) in [5, 5.41) is 3.02. The molecule has 0 aliphatic heterocycles. The average Bonchev–Trinajstić information content (AvgIpc) is 3.07. The van der Waals surface area contributed by atoms with E-state index in [0.29, 0.717) is 18.0 Å². The molecule has 136 valence electrons. The van der Waals surface area contributed by atoms with Crippen molar-refractivity contribution in [1.29, 1.82) is 0 Å². The Bertz CT molecular complexity index is 994. The van der Waals surface area contributed by atoms with E-state index in [2.05, 4.69) is 5.32 Å². The highest BCUT2D eigenvalue weighted by molar-refractivity contribution is 7.90.